The van der Waals surface area contributed by atoms with Crippen LogP contribution in [0.4, 0.5) is 0 Å². The minimum atomic E-state index is 0. The molecule has 0 saturated carbocycles. The monoisotopic (exact) mass is 360 g/mol. The summed E-state index contributed by atoms with van der Waals surface area (Å²) in [5.41, 5.74) is 12.7. The number of nitrogens with zero attached hydrogens (tertiary/aromatic N) is 1. The molecule has 0 atom stereocenters. The molecular weight excluding hydrogens is 342 g/mol. The van der Waals surface area contributed by atoms with Crippen LogP contribution < -0.4 is 20.9 Å². The first-order valence-electron chi connectivity index (χ1n) is 7.30. The summed E-state index contributed by atoms with van der Waals surface area (Å²) in [5.74, 6) is 1.56. The Hall–Kier alpha value is -1.85. The van der Waals surface area contributed by atoms with E-state index in [1.807, 2.05) is 36.4 Å². The molecule has 0 bridgehead atoms. The summed E-state index contributed by atoms with van der Waals surface area (Å²) in [6.07, 6.45) is 0. The minimum absolute atomic E-state index is 0. The van der Waals surface area contributed by atoms with Crippen LogP contribution in [-0.2, 0) is 17.1 Å². The Morgan fingerprint density at radius 2 is 1.22 bits per heavy atom. The second-order valence-corrected chi connectivity index (χ2v) is 4.97. The number of nitrogens with two attached hydrogens (primary N) is 2. The van der Waals surface area contributed by atoms with Crippen molar-refractivity contribution < 1.29 is 26.5 Å². The van der Waals surface area contributed by atoms with E-state index in [4.69, 9.17) is 25.9 Å². The molecular formula is C17H19CuN3O2. The maximum Gasteiger partial charge on any atom is 0.121 e. The Morgan fingerprint density at radius 3 is 1.65 bits per heavy atom. The number of fused-ring (bicyclic) bond motifs is 2. The number of rotatable bonds is 6. The molecule has 1 heterocycles. The van der Waals surface area contributed by atoms with Crippen molar-refractivity contribution in [3.63, 3.8) is 0 Å². The average Bonchev–Trinajstić information content (AvgIpc) is 2.56. The van der Waals surface area contributed by atoms with Crippen LogP contribution in [0.15, 0.2) is 42.5 Å². The van der Waals surface area contributed by atoms with Gasteiger partial charge in [-0.1, -0.05) is 0 Å². The summed E-state index contributed by atoms with van der Waals surface area (Å²) in [6.45, 7) is 1.97. The van der Waals surface area contributed by atoms with Crippen LogP contribution in [0.2, 0.25) is 0 Å². The zero-order valence-corrected chi connectivity index (χ0v) is 13.5. The van der Waals surface area contributed by atoms with E-state index in [2.05, 4.69) is 6.07 Å². The van der Waals surface area contributed by atoms with Gasteiger partial charge < -0.3 is 20.9 Å². The number of hydrogen-bond donors (Lipinski definition) is 2. The predicted molar refractivity (Wildman–Crippen MR) is 88.3 cm³/mol. The number of ether oxygens (including phenoxy) is 2. The topological polar surface area (TPSA) is 83.4 Å². The van der Waals surface area contributed by atoms with Crippen LogP contribution in [0.5, 0.6) is 11.5 Å². The molecule has 4 N–H and O–H groups in total. The van der Waals surface area contributed by atoms with Gasteiger partial charge in [-0.3, -0.25) is 0 Å². The molecule has 0 aliphatic rings. The fraction of sp³-hybridized carbons (Fsp3) is 0.235. The molecule has 23 heavy (non-hydrogen) atoms. The largest absolute Gasteiger partial charge is 0.492 e. The molecule has 1 radical (unpaired) electrons. The number of pyridine rings is 1. The molecule has 6 heteroatoms. The van der Waals surface area contributed by atoms with Crippen LogP contribution in [0.3, 0.4) is 0 Å². The van der Waals surface area contributed by atoms with Crippen LogP contribution >= 0.6 is 0 Å². The molecule has 3 aromatic rings. The smallest absolute Gasteiger partial charge is 0.121 e. The van der Waals surface area contributed by atoms with Gasteiger partial charge in [0, 0.05) is 53.1 Å². The van der Waals surface area contributed by atoms with E-state index in [1.54, 1.807) is 0 Å². The number of aromatic nitrogens is 1. The van der Waals surface area contributed by atoms with Crippen molar-refractivity contribution in [3.05, 3.63) is 42.5 Å². The van der Waals surface area contributed by atoms with Crippen LogP contribution in [0, 0.1) is 0 Å². The van der Waals surface area contributed by atoms with Gasteiger partial charge >= 0.3 is 0 Å². The molecule has 0 unspecified atom stereocenters. The second kappa shape index (κ2) is 8.13. The molecule has 2 aromatic carbocycles. The average molecular weight is 361 g/mol. The molecule has 3 rings (SSSR count). The SMILES string of the molecule is NCCOc1ccc2cc3ccc(OCCN)cc3nc2c1.[Cu]. The quantitative estimate of drug-likeness (QED) is 0.519. The van der Waals surface area contributed by atoms with Gasteiger partial charge in [-0.15, -0.1) is 0 Å². The third-order valence-electron chi connectivity index (χ3n) is 3.33. The second-order valence-electron chi connectivity index (χ2n) is 4.97. The van der Waals surface area contributed by atoms with E-state index in [9.17, 15) is 0 Å². The van der Waals surface area contributed by atoms with Gasteiger partial charge in [-0.25, -0.2) is 4.98 Å². The van der Waals surface area contributed by atoms with Gasteiger partial charge in [-0.2, -0.15) is 0 Å². The predicted octanol–water partition coefficient (Wildman–Crippen LogP) is 2.06. The standard InChI is InChI=1S/C17H19N3O2.Cu/c18-5-7-21-14-3-1-12-9-13-2-4-15(22-8-6-19)11-17(13)20-16(12)10-14;/h1-4,9-11H,5-8,18-19H2;. The number of hydrogen-bond acceptors (Lipinski definition) is 5. The van der Waals surface area contributed by atoms with E-state index in [-0.39, 0.29) is 17.1 Å². The Balaban J connectivity index is 0.00000192. The zero-order valence-electron chi connectivity index (χ0n) is 12.6. The van der Waals surface area contributed by atoms with Gasteiger partial charge in [0.2, 0.25) is 0 Å². The zero-order chi connectivity index (χ0) is 15.4. The third kappa shape index (κ3) is 4.12. The molecule has 0 saturated heterocycles. The van der Waals surface area contributed by atoms with Crippen LogP contribution in [0.25, 0.3) is 21.8 Å². The summed E-state index contributed by atoms with van der Waals surface area (Å²) in [7, 11) is 0. The number of benzene rings is 2. The van der Waals surface area contributed by atoms with Crippen molar-refractivity contribution >= 4 is 21.8 Å². The summed E-state index contributed by atoms with van der Waals surface area (Å²) in [5, 5.41) is 2.14. The van der Waals surface area contributed by atoms with Crippen molar-refractivity contribution in [2.75, 3.05) is 26.3 Å². The van der Waals surface area contributed by atoms with Crippen molar-refractivity contribution in [1.82, 2.24) is 4.98 Å². The van der Waals surface area contributed by atoms with Crippen molar-refractivity contribution in [3.8, 4) is 11.5 Å². The molecule has 0 aliphatic carbocycles. The van der Waals surface area contributed by atoms with Crippen LogP contribution in [-0.4, -0.2) is 31.3 Å². The first kappa shape index (κ1) is 17.5. The Labute approximate surface area is 145 Å². The molecule has 5 nitrogen and oxygen atoms in total. The molecule has 1 aromatic heterocycles. The first-order valence-corrected chi connectivity index (χ1v) is 7.30. The van der Waals surface area contributed by atoms with E-state index >= 15 is 0 Å². The van der Waals surface area contributed by atoms with E-state index in [0.717, 1.165) is 33.3 Å². The first-order chi connectivity index (χ1) is 10.8. The van der Waals surface area contributed by atoms with Crippen molar-refractivity contribution in [1.29, 1.82) is 0 Å². The molecule has 0 fully saturated rings. The van der Waals surface area contributed by atoms with Gasteiger partial charge in [-0.05, 0) is 30.3 Å². The van der Waals surface area contributed by atoms with Crippen molar-refractivity contribution in [2.24, 2.45) is 11.5 Å². The van der Waals surface area contributed by atoms with E-state index in [1.165, 1.54) is 0 Å². The fourth-order valence-electron chi connectivity index (χ4n) is 2.32. The van der Waals surface area contributed by atoms with Crippen LogP contribution in [0.1, 0.15) is 0 Å². The Morgan fingerprint density at radius 1 is 0.739 bits per heavy atom. The van der Waals surface area contributed by atoms with E-state index < -0.39 is 0 Å². The fourth-order valence-corrected chi connectivity index (χ4v) is 2.32. The molecule has 0 spiro atoms. The summed E-state index contributed by atoms with van der Waals surface area (Å²) < 4.78 is 11.1. The summed E-state index contributed by atoms with van der Waals surface area (Å²) in [4.78, 5) is 4.69. The maximum atomic E-state index is 5.55. The summed E-state index contributed by atoms with van der Waals surface area (Å²) in [6, 6.07) is 13.8. The molecule has 0 amide bonds. The molecule has 125 valence electrons. The normalized spacial score (nSPS) is 10.5. The van der Waals surface area contributed by atoms with E-state index in [0.29, 0.717) is 26.3 Å². The Bertz CT molecular complexity index is 732. The summed E-state index contributed by atoms with van der Waals surface area (Å²) >= 11 is 0. The van der Waals surface area contributed by atoms with Crippen molar-refractivity contribution in [2.45, 2.75) is 0 Å². The van der Waals surface area contributed by atoms with Gasteiger partial charge in [0.1, 0.15) is 24.7 Å². The third-order valence-corrected chi connectivity index (χ3v) is 3.33. The molecule has 0 aliphatic heterocycles. The minimum Gasteiger partial charge on any atom is -0.492 e. The van der Waals surface area contributed by atoms with Gasteiger partial charge in [0.25, 0.3) is 0 Å². The maximum absolute atomic E-state index is 5.55. The van der Waals surface area contributed by atoms with Gasteiger partial charge in [0.05, 0.1) is 11.0 Å². The Kier molecular flexibility index (Phi) is 6.19. The van der Waals surface area contributed by atoms with Gasteiger partial charge in [0.15, 0.2) is 0 Å².